The predicted octanol–water partition coefficient (Wildman–Crippen LogP) is 3.16. The molecule has 0 aliphatic carbocycles. The van der Waals surface area contributed by atoms with Gasteiger partial charge >= 0.3 is 0 Å². The highest BCUT2D eigenvalue weighted by atomic mass is 16.3. The minimum Gasteiger partial charge on any atom is -0.393 e. The largest absolute Gasteiger partial charge is 0.393 e. The van der Waals surface area contributed by atoms with Gasteiger partial charge in [-0.05, 0) is 38.5 Å². The summed E-state index contributed by atoms with van der Waals surface area (Å²) in [4.78, 5) is 0. The van der Waals surface area contributed by atoms with E-state index in [1.54, 1.807) is 13.8 Å². The second-order valence-electron chi connectivity index (χ2n) is 4.60. The van der Waals surface area contributed by atoms with Crippen LogP contribution in [0.15, 0.2) is 25.3 Å². The van der Waals surface area contributed by atoms with Crippen LogP contribution in [0.1, 0.15) is 40.5 Å². The van der Waals surface area contributed by atoms with Gasteiger partial charge in [-0.2, -0.15) is 0 Å². The lowest BCUT2D eigenvalue weighted by Crippen LogP contribution is -2.04. The molecule has 0 aromatic carbocycles. The third-order valence-electron chi connectivity index (χ3n) is 2.23. The summed E-state index contributed by atoms with van der Waals surface area (Å²) in [7, 11) is 0. The molecule has 16 heavy (non-hydrogen) atoms. The molecule has 4 atom stereocenters. The Hall–Kier alpha value is -0.600. The van der Waals surface area contributed by atoms with E-state index < -0.39 is 0 Å². The standard InChI is InChI=1S/2C7H14O/c2*1-4-6(2)5-7(3)8/h2*4,6-8H,1,5H2,2-3H3/t6-,7+;6-,7-/m10/s1. The van der Waals surface area contributed by atoms with Crippen molar-refractivity contribution in [3.05, 3.63) is 25.3 Å². The average Bonchev–Trinajstić information content (AvgIpc) is 2.16. The van der Waals surface area contributed by atoms with E-state index in [1.807, 2.05) is 26.0 Å². The van der Waals surface area contributed by atoms with Crippen LogP contribution in [0.2, 0.25) is 0 Å². The van der Waals surface area contributed by atoms with Crippen molar-refractivity contribution in [2.75, 3.05) is 0 Å². The molecule has 0 bridgehead atoms. The molecule has 0 saturated carbocycles. The van der Waals surface area contributed by atoms with Crippen LogP contribution < -0.4 is 0 Å². The maximum Gasteiger partial charge on any atom is 0.0517 e. The van der Waals surface area contributed by atoms with Crippen molar-refractivity contribution in [2.24, 2.45) is 11.8 Å². The molecule has 0 radical (unpaired) electrons. The number of allylic oxidation sites excluding steroid dienone is 2. The number of hydrogen-bond acceptors (Lipinski definition) is 2. The fraction of sp³-hybridized carbons (Fsp3) is 0.714. The zero-order valence-electron chi connectivity index (χ0n) is 11.2. The first-order valence-electron chi connectivity index (χ1n) is 5.94. The van der Waals surface area contributed by atoms with Gasteiger partial charge in [0.05, 0.1) is 12.2 Å². The van der Waals surface area contributed by atoms with Gasteiger partial charge in [0.1, 0.15) is 0 Å². The van der Waals surface area contributed by atoms with Crippen LogP contribution in [0.5, 0.6) is 0 Å². The van der Waals surface area contributed by atoms with Crippen molar-refractivity contribution in [3.8, 4) is 0 Å². The molecule has 0 heterocycles. The van der Waals surface area contributed by atoms with E-state index in [1.165, 1.54) is 0 Å². The van der Waals surface area contributed by atoms with Gasteiger partial charge in [0.15, 0.2) is 0 Å². The SMILES string of the molecule is C=C[C@@H](C)C[C@H](C)O.C=C[C@H](C)C[C@H](C)O. The first kappa shape index (κ1) is 17.8. The van der Waals surface area contributed by atoms with E-state index in [-0.39, 0.29) is 12.2 Å². The Kier molecular flexibility index (Phi) is 12.1. The van der Waals surface area contributed by atoms with E-state index in [9.17, 15) is 0 Å². The topological polar surface area (TPSA) is 40.5 Å². The van der Waals surface area contributed by atoms with Crippen molar-refractivity contribution in [1.29, 1.82) is 0 Å². The van der Waals surface area contributed by atoms with Crippen LogP contribution in [0.3, 0.4) is 0 Å². The molecule has 0 rings (SSSR count). The molecule has 0 fully saturated rings. The van der Waals surface area contributed by atoms with Gasteiger partial charge in [-0.25, -0.2) is 0 Å². The van der Waals surface area contributed by atoms with Crippen LogP contribution in [-0.2, 0) is 0 Å². The van der Waals surface area contributed by atoms with E-state index in [4.69, 9.17) is 10.2 Å². The quantitative estimate of drug-likeness (QED) is 0.686. The fourth-order valence-corrected chi connectivity index (χ4v) is 1.27. The zero-order valence-corrected chi connectivity index (χ0v) is 11.2. The monoisotopic (exact) mass is 228 g/mol. The van der Waals surface area contributed by atoms with Crippen LogP contribution in [0, 0.1) is 11.8 Å². The molecule has 0 aliphatic heterocycles. The van der Waals surface area contributed by atoms with Gasteiger partial charge in [-0.1, -0.05) is 26.0 Å². The molecule has 2 heteroatoms. The van der Waals surface area contributed by atoms with Gasteiger partial charge < -0.3 is 10.2 Å². The summed E-state index contributed by atoms with van der Waals surface area (Å²) in [5, 5.41) is 17.6. The predicted molar refractivity (Wildman–Crippen MR) is 71.3 cm³/mol. The number of rotatable bonds is 6. The minimum absolute atomic E-state index is 0.192. The lowest BCUT2D eigenvalue weighted by molar-refractivity contribution is 0.172. The van der Waals surface area contributed by atoms with Crippen molar-refractivity contribution in [1.82, 2.24) is 0 Å². The van der Waals surface area contributed by atoms with Gasteiger partial charge in [0.2, 0.25) is 0 Å². The van der Waals surface area contributed by atoms with Gasteiger partial charge in [0, 0.05) is 0 Å². The first-order chi connectivity index (χ1) is 7.33. The molecule has 0 spiro atoms. The number of aliphatic hydroxyl groups is 2. The maximum atomic E-state index is 8.81. The molecular formula is C14H28O2. The van der Waals surface area contributed by atoms with Crippen LogP contribution in [-0.4, -0.2) is 22.4 Å². The first-order valence-corrected chi connectivity index (χ1v) is 5.94. The van der Waals surface area contributed by atoms with Crippen LogP contribution >= 0.6 is 0 Å². The molecule has 96 valence electrons. The summed E-state index contributed by atoms with van der Waals surface area (Å²) in [6.45, 7) is 14.9. The smallest absolute Gasteiger partial charge is 0.0517 e. The summed E-state index contributed by atoms with van der Waals surface area (Å²) in [6.07, 6.45) is 4.97. The molecule has 0 saturated heterocycles. The Morgan fingerprint density at radius 2 is 1.06 bits per heavy atom. The summed E-state index contributed by atoms with van der Waals surface area (Å²) in [5.74, 6) is 0.880. The second-order valence-corrected chi connectivity index (χ2v) is 4.60. The van der Waals surface area contributed by atoms with Crippen molar-refractivity contribution in [2.45, 2.75) is 52.7 Å². The van der Waals surface area contributed by atoms with E-state index in [0.717, 1.165) is 12.8 Å². The zero-order chi connectivity index (χ0) is 13.1. The Morgan fingerprint density at radius 1 is 0.812 bits per heavy atom. The molecule has 2 N–H and O–H groups in total. The van der Waals surface area contributed by atoms with Crippen molar-refractivity contribution in [3.63, 3.8) is 0 Å². The summed E-state index contributed by atoms with van der Waals surface area (Å²) < 4.78 is 0. The maximum absolute atomic E-state index is 8.81. The normalized spacial score (nSPS) is 17.4. The van der Waals surface area contributed by atoms with Gasteiger partial charge in [-0.15, -0.1) is 13.2 Å². The Bertz CT molecular complexity index is 154. The lowest BCUT2D eigenvalue weighted by atomic mass is 10.1. The molecule has 0 aromatic rings. The molecule has 0 aromatic heterocycles. The number of hydrogen-bond donors (Lipinski definition) is 2. The number of aliphatic hydroxyl groups excluding tert-OH is 2. The average molecular weight is 228 g/mol. The third-order valence-corrected chi connectivity index (χ3v) is 2.23. The molecule has 2 nitrogen and oxygen atoms in total. The molecular weight excluding hydrogens is 200 g/mol. The molecule has 0 unspecified atom stereocenters. The van der Waals surface area contributed by atoms with Crippen LogP contribution in [0.4, 0.5) is 0 Å². The van der Waals surface area contributed by atoms with Gasteiger partial charge in [0.25, 0.3) is 0 Å². The molecule has 0 aliphatic rings. The summed E-state index contributed by atoms with van der Waals surface area (Å²) in [6, 6.07) is 0. The third kappa shape index (κ3) is 15.9. The summed E-state index contributed by atoms with van der Waals surface area (Å²) in [5.41, 5.74) is 0. The van der Waals surface area contributed by atoms with E-state index >= 15 is 0 Å². The van der Waals surface area contributed by atoms with E-state index in [2.05, 4.69) is 13.2 Å². The Labute approximate surface area is 101 Å². The Morgan fingerprint density at radius 3 is 1.12 bits per heavy atom. The summed E-state index contributed by atoms with van der Waals surface area (Å²) >= 11 is 0. The van der Waals surface area contributed by atoms with E-state index in [0.29, 0.717) is 11.8 Å². The van der Waals surface area contributed by atoms with Gasteiger partial charge in [-0.3, -0.25) is 0 Å². The van der Waals surface area contributed by atoms with Crippen LogP contribution in [0.25, 0.3) is 0 Å². The molecule has 0 amide bonds. The Balaban J connectivity index is 0. The fourth-order valence-electron chi connectivity index (χ4n) is 1.27. The lowest BCUT2D eigenvalue weighted by Gasteiger charge is -2.06. The highest BCUT2D eigenvalue weighted by molar-refractivity contribution is 4.76. The highest BCUT2D eigenvalue weighted by Gasteiger charge is 2.00. The van der Waals surface area contributed by atoms with Crippen molar-refractivity contribution >= 4 is 0 Å². The minimum atomic E-state index is -0.192. The van der Waals surface area contributed by atoms with Crippen molar-refractivity contribution < 1.29 is 10.2 Å². The highest BCUT2D eigenvalue weighted by Crippen LogP contribution is 2.05. The second kappa shape index (κ2) is 10.9.